The third kappa shape index (κ3) is 2.88. The van der Waals surface area contributed by atoms with E-state index < -0.39 is 29.6 Å². The van der Waals surface area contributed by atoms with Crippen molar-refractivity contribution in [1.82, 2.24) is 9.89 Å². The van der Waals surface area contributed by atoms with E-state index in [2.05, 4.69) is 20.2 Å². The van der Waals surface area contributed by atoms with Crippen LogP contribution in [0, 0.1) is 0 Å². The number of fused-ring (bicyclic) bond motifs is 3. The summed E-state index contributed by atoms with van der Waals surface area (Å²) in [7, 11) is 0. The lowest BCUT2D eigenvalue weighted by atomic mass is 9.61. The van der Waals surface area contributed by atoms with Crippen molar-refractivity contribution in [3.63, 3.8) is 0 Å². The topological polar surface area (TPSA) is 154 Å². The number of nitrogens with one attached hydrogen (secondary N) is 2. The molecule has 188 valence electrons. The second-order valence-electron chi connectivity index (χ2n) is 9.22. The van der Waals surface area contributed by atoms with Gasteiger partial charge in [0.1, 0.15) is 18.2 Å². The fourth-order valence-corrected chi connectivity index (χ4v) is 7.79. The zero-order chi connectivity index (χ0) is 25.7. The Hall–Kier alpha value is -3.39. The summed E-state index contributed by atoms with van der Waals surface area (Å²) in [5.41, 5.74) is 2.86. The van der Waals surface area contributed by atoms with Gasteiger partial charge in [0.05, 0.1) is 39.8 Å². The fraction of sp³-hybridized carbons (Fsp3) is 0.409. The SMILES string of the molecule is O=C(O)CN[C@H]1[C@H]2C(=O)C=C3S[C@H]4C[C@]31c1c(c(O)c3c5c1=[N+]2CCC=5C=N3)N4.O=C([O-])C(F)(F)F. The molecule has 0 radical (unpaired) electrons. The van der Waals surface area contributed by atoms with Gasteiger partial charge in [-0.1, -0.05) is 0 Å². The maximum atomic E-state index is 13.3. The van der Waals surface area contributed by atoms with Crippen LogP contribution >= 0.6 is 11.8 Å². The van der Waals surface area contributed by atoms with Crippen LogP contribution in [-0.2, 0) is 19.8 Å². The minimum Gasteiger partial charge on any atom is -0.542 e. The normalized spacial score (nSPS) is 29.4. The summed E-state index contributed by atoms with van der Waals surface area (Å²) in [5.74, 6) is -3.78. The highest BCUT2D eigenvalue weighted by Gasteiger charge is 2.67. The number of hydrogen-bond donors (Lipinski definition) is 4. The molecule has 7 rings (SSSR count). The zero-order valence-corrected chi connectivity index (χ0v) is 19.0. The number of benzene rings is 1. The number of aliphatic carboxylic acids is 2. The van der Waals surface area contributed by atoms with Crippen LogP contribution in [0.1, 0.15) is 18.4 Å². The highest BCUT2D eigenvalue weighted by atomic mass is 32.2. The number of aromatic hydroxyl groups is 1. The molecule has 1 spiro atoms. The van der Waals surface area contributed by atoms with Crippen molar-refractivity contribution in [3.05, 3.63) is 27.1 Å². The van der Waals surface area contributed by atoms with Gasteiger partial charge in [0, 0.05) is 17.5 Å². The molecule has 0 aromatic heterocycles. The van der Waals surface area contributed by atoms with Gasteiger partial charge >= 0.3 is 12.1 Å². The van der Waals surface area contributed by atoms with E-state index in [9.17, 15) is 33.0 Å². The van der Waals surface area contributed by atoms with Crippen molar-refractivity contribution >= 4 is 52.6 Å². The first-order valence-electron chi connectivity index (χ1n) is 11.0. The van der Waals surface area contributed by atoms with Crippen molar-refractivity contribution in [2.24, 2.45) is 4.99 Å². The Kier molecular flexibility index (Phi) is 4.68. The van der Waals surface area contributed by atoms with Crippen LogP contribution in [-0.4, -0.2) is 70.9 Å². The second kappa shape index (κ2) is 7.32. The van der Waals surface area contributed by atoms with Crippen LogP contribution in [0.4, 0.5) is 24.5 Å². The monoisotopic (exact) mass is 522 g/mol. The van der Waals surface area contributed by atoms with E-state index in [1.165, 1.54) is 0 Å². The minimum absolute atomic E-state index is 0.0185. The quantitative estimate of drug-likeness (QED) is 0.274. The number of halogens is 3. The van der Waals surface area contributed by atoms with Gasteiger partial charge in [0.15, 0.2) is 5.75 Å². The van der Waals surface area contributed by atoms with Gasteiger partial charge in [-0.15, -0.1) is 11.8 Å². The summed E-state index contributed by atoms with van der Waals surface area (Å²) >= 11 is 1.62. The Morgan fingerprint density at radius 2 is 2.11 bits per heavy atom. The molecule has 0 amide bonds. The summed E-state index contributed by atoms with van der Waals surface area (Å²) in [6.07, 6.45) is -0.107. The summed E-state index contributed by atoms with van der Waals surface area (Å²) in [4.78, 5) is 38.9. The molecule has 4 atom stereocenters. The van der Waals surface area contributed by atoms with Gasteiger partial charge in [0.25, 0.3) is 0 Å². The fourth-order valence-electron chi connectivity index (χ4n) is 6.25. The molecular formula is C22H17F3N4O6S. The Bertz CT molecular complexity index is 1490. The molecule has 1 aliphatic carbocycles. The molecule has 1 aromatic rings. The van der Waals surface area contributed by atoms with Gasteiger partial charge in [-0.3, -0.25) is 19.9 Å². The molecule has 10 nitrogen and oxygen atoms in total. The summed E-state index contributed by atoms with van der Waals surface area (Å²) in [6, 6.07) is -0.801. The number of rotatable bonds is 3. The molecule has 1 saturated heterocycles. The van der Waals surface area contributed by atoms with Crippen molar-refractivity contribution in [3.8, 4) is 5.75 Å². The number of nitrogens with zero attached hydrogens (tertiary/aromatic N) is 2. The van der Waals surface area contributed by atoms with Gasteiger partial charge < -0.3 is 25.4 Å². The van der Waals surface area contributed by atoms with Crippen LogP contribution in [0.2, 0.25) is 0 Å². The summed E-state index contributed by atoms with van der Waals surface area (Å²) < 4.78 is 33.7. The number of carbonyl (C=O) groups is 3. The molecule has 1 aromatic carbocycles. The number of carboxylic acids is 2. The molecule has 6 aliphatic rings. The van der Waals surface area contributed by atoms with Crippen LogP contribution in [0.25, 0.3) is 5.57 Å². The maximum Gasteiger partial charge on any atom is 0.430 e. The average molecular weight is 522 g/mol. The molecule has 14 heteroatoms. The highest BCUT2D eigenvalue weighted by molar-refractivity contribution is 8.04. The summed E-state index contributed by atoms with van der Waals surface area (Å²) in [6.45, 7) is 0.463. The van der Waals surface area contributed by atoms with Crippen molar-refractivity contribution in [1.29, 1.82) is 0 Å². The van der Waals surface area contributed by atoms with Gasteiger partial charge in [-0.05, 0) is 18.1 Å². The largest absolute Gasteiger partial charge is 0.542 e. The lowest BCUT2D eigenvalue weighted by molar-refractivity contribution is -0.344. The number of phenolic OH excluding ortho intramolecular Hbond substituents is 1. The number of anilines is 1. The van der Waals surface area contributed by atoms with Gasteiger partial charge in [0.2, 0.25) is 17.2 Å². The van der Waals surface area contributed by atoms with Gasteiger partial charge in [-0.25, -0.2) is 4.58 Å². The van der Waals surface area contributed by atoms with Crippen molar-refractivity contribution in [2.75, 3.05) is 18.4 Å². The lowest BCUT2D eigenvalue weighted by Gasteiger charge is -2.48. The average Bonchev–Trinajstić information content (AvgIpc) is 3.34. The standard InChI is InChI=1S/C20H16N4O4S.C2HF3O2/c25-8-3-9-20-4-10(29-9)23-15-13(20)17-12-7(5-21-14(12)18(15)28)1-2-24(17)16(8)19(20)22-6-11(26)27;3-2(4,5)1(6)7/h3,5,10,16,19,22H,1-2,4,6H2,(H2,21,23,26,27,28);(H,6,7)/t10-,16+,19-,20+;/m0./s1. The molecule has 36 heavy (non-hydrogen) atoms. The molecule has 4 N–H and O–H groups in total. The molecule has 5 heterocycles. The van der Waals surface area contributed by atoms with E-state index in [4.69, 9.17) is 9.90 Å². The molecule has 1 fully saturated rings. The van der Waals surface area contributed by atoms with Crippen LogP contribution in [0.5, 0.6) is 5.75 Å². The highest BCUT2D eigenvalue weighted by Crippen LogP contribution is 2.62. The Labute approximate surface area is 203 Å². The predicted molar refractivity (Wildman–Crippen MR) is 118 cm³/mol. The number of hydrogen-bond acceptors (Lipinski definition) is 9. The van der Waals surface area contributed by atoms with E-state index in [0.717, 1.165) is 39.5 Å². The molecule has 5 aliphatic heterocycles. The van der Waals surface area contributed by atoms with Crippen LogP contribution in [0.3, 0.4) is 0 Å². The number of thioether (sulfide) groups is 1. The maximum absolute atomic E-state index is 13.3. The van der Waals surface area contributed by atoms with Crippen molar-refractivity contribution < 1.29 is 42.9 Å². The van der Waals surface area contributed by atoms with E-state index in [1.54, 1.807) is 17.8 Å². The zero-order valence-electron chi connectivity index (χ0n) is 18.2. The molecule has 3 bridgehead atoms. The third-order valence-corrected chi connectivity index (χ3v) is 8.73. The number of alkyl halides is 3. The minimum atomic E-state index is -5.19. The Morgan fingerprint density at radius 3 is 2.78 bits per heavy atom. The molecule has 0 saturated carbocycles. The van der Waals surface area contributed by atoms with Crippen LogP contribution in [0.15, 0.2) is 16.0 Å². The number of carbonyl (C=O) groups excluding carboxylic acids is 2. The number of ketones is 1. The summed E-state index contributed by atoms with van der Waals surface area (Å²) in [5, 5.41) is 37.9. The van der Waals surface area contributed by atoms with E-state index in [1.807, 2.05) is 6.21 Å². The number of carboxylic acid groups (broad SMARTS) is 2. The Balaban J connectivity index is 0.000000305. The molecular weight excluding hydrogens is 505 g/mol. The number of phenols is 1. The number of aliphatic imine (C=N–C) groups is 1. The van der Waals surface area contributed by atoms with E-state index in [0.29, 0.717) is 17.9 Å². The Morgan fingerprint density at radius 1 is 1.39 bits per heavy atom. The lowest BCUT2D eigenvalue weighted by Crippen LogP contribution is -2.73. The predicted octanol–water partition coefficient (Wildman–Crippen LogP) is -1.53. The first-order valence-corrected chi connectivity index (χ1v) is 11.9. The van der Waals surface area contributed by atoms with Crippen molar-refractivity contribution in [2.45, 2.75) is 41.9 Å². The van der Waals surface area contributed by atoms with Gasteiger partial charge in [-0.2, -0.15) is 13.2 Å². The molecule has 0 unspecified atom stereocenters. The second-order valence-corrected chi connectivity index (χ2v) is 10.5. The third-order valence-electron chi connectivity index (χ3n) is 7.42. The smallest absolute Gasteiger partial charge is 0.430 e. The first-order chi connectivity index (χ1) is 16.9. The van der Waals surface area contributed by atoms with E-state index in [-0.39, 0.29) is 29.5 Å². The van der Waals surface area contributed by atoms with E-state index >= 15 is 0 Å². The first kappa shape index (κ1) is 23.0. The van der Waals surface area contributed by atoms with Crippen LogP contribution < -0.4 is 30.9 Å².